The normalized spacial score (nSPS) is 18.5. The number of ether oxygens (including phenoxy) is 1. The standard InChI is InChI=1S/C30H41N3O4/c1-19(2)17-24(32-29(36)37-30(5,6)7)28(35)33(25-18-21(25)4)26(22-14-9-8-10-15-22)27(34)31-23-16-12-11-13-20(23)3/h8-16,19,21,24-26H,17-18H2,1-7H3,(H,31,34)(H,32,36). The number of hydrogen-bond acceptors (Lipinski definition) is 4. The molecule has 1 fully saturated rings. The van der Waals surface area contributed by atoms with Crippen LogP contribution in [0, 0.1) is 18.8 Å². The van der Waals surface area contributed by atoms with Gasteiger partial charge in [-0.1, -0.05) is 69.3 Å². The highest BCUT2D eigenvalue weighted by Crippen LogP contribution is 2.41. The van der Waals surface area contributed by atoms with E-state index in [1.165, 1.54) is 0 Å². The molecule has 4 unspecified atom stereocenters. The fourth-order valence-corrected chi connectivity index (χ4v) is 4.48. The lowest BCUT2D eigenvalue weighted by Gasteiger charge is -2.35. The largest absolute Gasteiger partial charge is 0.444 e. The summed E-state index contributed by atoms with van der Waals surface area (Å²) in [5.74, 6) is -0.169. The first kappa shape index (κ1) is 28.2. The molecule has 3 amide bonds. The van der Waals surface area contributed by atoms with Crippen LogP contribution in [0.2, 0.25) is 0 Å². The van der Waals surface area contributed by atoms with Crippen LogP contribution in [0.1, 0.15) is 71.6 Å². The molecule has 3 rings (SSSR count). The minimum Gasteiger partial charge on any atom is -0.444 e. The molecule has 7 nitrogen and oxygen atoms in total. The molecule has 0 heterocycles. The van der Waals surface area contributed by atoms with E-state index in [0.29, 0.717) is 12.1 Å². The molecule has 2 N–H and O–H groups in total. The molecule has 1 aliphatic rings. The minimum absolute atomic E-state index is 0.101. The van der Waals surface area contributed by atoms with Crippen molar-refractivity contribution in [2.45, 2.75) is 85.0 Å². The smallest absolute Gasteiger partial charge is 0.408 e. The van der Waals surface area contributed by atoms with Crippen LogP contribution in [0.4, 0.5) is 10.5 Å². The molecule has 1 saturated carbocycles. The van der Waals surface area contributed by atoms with E-state index < -0.39 is 23.8 Å². The molecular weight excluding hydrogens is 466 g/mol. The van der Waals surface area contributed by atoms with Gasteiger partial charge in [-0.05, 0) is 69.6 Å². The zero-order valence-corrected chi connectivity index (χ0v) is 23.1. The lowest BCUT2D eigenvalue weighted by molar-refractivity contribution is -0.142. The Morgan fingerprint density at radius 3 is 2.16 bits per heavy atom. The number of nitrogens with zero attached hydrogens (tertiary/aromatic N) is 1. The number of carbonyl (C=O) groups is 3. The number of carbonyl (C=O) groups excluding carboxylic acids is 3. The minimum atomic E-state index is -0.849. The summed E-state index contributed by atoms with van der Waals surface area (Å²) in [5, 5.41) is 5.85. The first-order valence-corrected chi connectivity index (χ1v) is 13.1. The van der Waals surface area contributed by atoms with Crippen LogP contribution in [-0.4, -0.2) is 40.5 Å². The lowest BCUT2D eigenvalue weighted by Crippen LogP contribution is -2.53. The van der Waals surface area contributed by atoms with E-state index in [1.807, 2.05) is 75.4 Å². The van der Waals surface area contributed by atoms with E-state index in [9.17, 15) is 14.4 Å². The van der Waals surface area contributed by atoms with Gasteiger partial charge in [0.15, 0.2) is 0 Å². The topological polar surface area (TPSA) is 87.7 Å². The fraction of sp³-hybridized carbons (Fsp3) is 0.500. The van der Waals surface area contributed by atoms with Crippen molar-refractivity contribution in [3.63, 3.8) is 0 Å². The van der Waals surface area contributed by atoms with Crippen molar-refractivity contribution >= 4 is 23.6 Å². The Kier molecular flexibility index (Phi) is 9.00. The third-order valence-corrected chi connectivity index (χ3v) is 6.42. The molecule has 2 aromatic carbocycles. The number of para-hydroxylation sites is 1. The van der Waals surface area contributed by atoms with Gasteiger partial charge in [0.1, 0.15) is 17.7 Å². The molecule has 0 spiro atoms. The number of hydrogen-bond donors (Lipinski definition) is 2. The molecule has 200 valence electrons. The van der Waals surface area contributed by atoms with Gasteiger partial charge in [0, 0.05) is 11.7 Å². The van der Waals surface area contributed by atoms with Gasteiger partial charge in [0.25, 0.3) is 5.91 Å². The lowest BCUT2D eigenvalue weighted by atomic mass is 9.98. The zero-order valence-electron chi connectivity index (χ0n) is 23.1. The summed E-state index contributed by atoms with van der Waals surface area (Å²) in [6.45, 7) is 13.4. The average molecular weight is 508 g/mol. The van der Waals surface area contributed by atoms with Crippen LogP contribution in [0.5, 0.6) is 0 Å². The summed E-state index contributed by atoms with van der Waals surface area (Å²) >= 11 is 0. The number of aryl methyl sites for hydroxylation is 1. The van der Waals surface area contributed by atoms with Crippen molar-refractivity contribution < 1.29 is 19.1 Å². The van der Waals surface area contributed by atoms with Crippen LogP contribution in [-0.2, 0) is 14.3 Å². The van der Waals surface area contributed by atoms with Gasteiger partial charge in [-0.2, -0.15) is 0 Å². The highest BCUT2D eigenvalue weighted by Gasteiger charge is 2.48. The van der Waals surface area contributed by atoms with E-state index in [1.54, 1.807) is 25.7 Å². The summed E-state index contributed by atoms with van der Waals surface area (Å²) in [6, 6.07) is 15.2. The Hall–Kier alpha value is -3.35. The molecule has 0 saturated heterocycles. The summed E-state index contributed by atoms with van der Waals surface area (Å²) in [7, 11) is 0. The van der Waals surface area contributed by atoms with Gasteiger partial charge in [0.05, 0.1) is 0 Å². The second-order valence-electron chi connectivity index (χ2n) is 11.5. The highest BCUT2D eigenvalue weighted by molar-refractivity contribution is 5.99. The van der Waals surface area contributed by atoms with Crippen molar-refractivity contribution in [3.05, 3.63) is 65.7 Å². The molecule has 7 heteroatoms. The molecule has 0 aromatic heterocycles. The number of amides is 3. The van der Waals surface area contributed by atoms with Crippen LogP contribution >= 0.6 is 0 Å². The van der Waals surface area contributed by atoms with E-state index in [2.05, 4.69) is 17.6 Å². The molecule has 0 radical (unpaired) electrons. The molecule has 0 bridgehead atoms. The SMILES string of the molecule is Cc1ccccc1NC(=O)C(c1ccccc1)N(C(=O)C(CC(C)C)NC(=O)OC(C)(C)C)C1CC1C. The molecule has 2 aromatic rings. The van der Waals surface area contributed by atoms with Gasteiger partial charge in [-0.3, -0.25) is 9.59 Å². The molecule has 1 aliphatic carbocycles. The molecule has 37 heavy (non-hydrogen) atoms. The van der Waals surface area contributed by atoms with Crippen LogP contribution < -0.4 is 10.6 Å². The molecule has 4 atom stereocenters. The van der Waals surface area contributed by atoms with Gasteiger partial charge in [-0.25, -0.2) is 4.79 Å². The van der Waals surface area contributed by atoms with Gasteiger partial charge < -0.3 is 20.3 Å². The summed E-state index contributed by atoms with van der Waals surface area (Å²) < 4.78 is 5.46. The Morgan fingerprint density at radius 2 is 1.62 bits per heavy atom. The maximum atomic E-state index is 14.2. The van der Waals surface area contributed by atoms with Crippen LogP contribution in [0.3, 0.4) is 0 Å². The summed E-state index contributed by atoms with van der Waals surface area (Å²) in [6.07, 6.45) is 0.584. The molecule has 0 aliphatic heterocycles. The third-order valence-electron chi connectivity index (χ3n) is 6.42. The maximum Gasteiger partial charge on any atom is 0.408 e. The number of nitrogens with one attached hydrogen (secondary N) is 2. The monoisotopic (exact) mass is 507 g/mol. The van der Waals surface area contributed by atoms with E-state index in [0.717, 1.165) is 17.5 Å². The predicted molar refractivity (Wildman–Crippen MR) is 146 cm³/mol. The van der Waals surface area contributed by atoms with Crippen LogP contribution in [0.15, 0.2) is 54.6 Å². The molecular formula is C30H41N3O4. The van der Waals surface area contributed by atoms with Gasteiger partial charge >= 0.3 is 6.09 Å². The van der Waals surface area contributed by atoms with E-state index in [-0.39, 0.29) is 29.7 Å². The second kappa shape index (κ2) is 11.8. The second-order valence-corrected chi connectivity index (χ2v) is 11.5. The van der Waals surface area contributed by atoms with E-state index in [4.69, 9.17) is 4.74 Å². The number of anilines is 1. The predicted octanol–water partition coefficient (Wildman–Crippen LogP) is 5.85. The van der Waals surface area contributed by atoms with Crippen molar-refractivity contribution in [1.82, 2.24) is 10.2 Å². The van der Waals surface area contributed by atoms with E-state index >= 15 is 0 Å². The quantitative estimate of drug-likeness (QED) is 0.446. The third kappa shape index (κ3) is 7.81. The zero-order chi connectivity index (χ0) is 27.3. The Labute approximate surface area is 221 Å². The van der Waals surface area contributed by atoms with Gasteiger partial charge in [-0.15, -0.1) is 0 Å². The fourth-order valence-electron chi connectivity index (χ4n) is 4.48. The number of benzene rings is 2. The Bertz CT molecular complexity index is 1090. The van der Waals surface area contributed by atoms with Crippen molar-refractivity contribution in [2.24, 2.45) is 11.8 Å². The van der Waals surface area contributed by atoms with Crippen molar-refractivity contribution in [1.29, 1.82) is 0 Å². The summed E-state index contributed by atoms with van der Waals surface area (Å²) in [4.78, 5) is 42.5. The van der Waals surface area contributed by atoms with Crippen molar-refractivity contribution in [2.75, 3.05) is 5.32 Å². The highest BCUT2D eigenvalue weighted by atomic mass is 16.6. The maximum absolute atomic E-state index is 14.2. The number of alkyl carbamates (subject to hydrolysis) is 1. The van der Waals surface area contributed by atoms with Crippen LogP contribution in [0.25, 0.3) is 0 Å². The Balaban J connectivity index is 1.99. The first-order valence-electron chi connectivity index (χ1n) is 13.1. The summed E-state index contributed by atoms with van der Waals surface area (Å²) in [5.41, 5.74) is 1.67. The first-order chi connectivity index (χ1) is 17.4. The number of rotatable bonds is 9. The Morgan fingerprint density at radius 1 is 1.03 bits per heavy atom. The average Bonchev–Trinajstić information content (AvgIpc) is 3.52. The van der Waals surface area contributed by atoms with Crippen molar-refractivity contribution in [3.8, 4) is 0 Å². The van der Waals surface area contributed by atoms with Gasteiger partial charge in [0.2, 0.25) is 5.91 Å².